The van der Waals surface area contributed by atoms with E-state index in [0.29, 0.717) is 0 Å². The molecule has 0 saturated carbocycles. The Hall–Kier alpha value is -0.714. The fourth-order valence-corrected chi connectivity index (χ4v) is 0.270. The Morgan fingerprint density at radius 2 is 1.00 bits per heavy atom. The van der Waals surface area contributed by atoms with Crippen LogP contribution in [0.3, 0.4) is 0 Å². The van der Waals surface area contributed by atoms with Crippen molar-refractivity contribution in [3.63, 3.8) is 0 Å². The molecule has 0 rings (SSSR count). The fraction of sp³-hybridized carbons (Fsp3) is 0.500. The van der Waals surface area contributed by atoms with Gasteiger partial charge in [0.25, 0.3) is 0 Å². The topological polar surface area (TPSA) is 178 Å². The summed E-state index contributed by atoms with van der Waals surface area (Å²) < 4.78 is 0. The first-order chi connectivity index (χ1) is 4.46. The fourth-order valence-electron chi connectivity index (χ4n) is 0.270. The molecule has 2 atom stereocenters. The third kappa shape index (κ3) is 7.64. The van der Waals surface area contributed by atoms with Crippen LogP contribution in [0.25, 0.3) is 0 Å². The number of aliphatic hydroxyl groups excluding tert-OH is 2. The van der Waals surface area contributed by atoms with Crippen molar-refractivity contribution in [2.24, 2.45) is 0 Å². The molecule has 13 heavy (non-hydrogen) atoms. The largest absolute Gasteiger partial charge is 0.479 e. The Balaban J connectivity index is -0.000000135. The second kappa shape index (κ2) is 9.38. The standard InChI is InChI=1S/C4H6O6.Co.2H2O/c5-1(3(7)8)2(6)4(9)10;;;/h1-2,5-6H,(H,7,8)(H,9,10);;2*1H2. The zero-order valence-corrected chi connectivity index (χ0v) is 7.13. The number of aliphatic carboxylic acids is 2. The summed E-state index contributed by atoms with van der Waals surface area (Å²) in [6.07, 6.45) is -4.53. The van der Waals surface area contributed by atoms with Crippen LogP contribution in [-0.4, -0.2) is 55.5 Å². The van der Waals surface area contributed by atoms with Gasteiger partial charge in [-0.1, -0.05) is 0 Å². The number of hydrogen-bond acceptors (Lipinski definition) is 4. The van der Waals surface area contributed by atoms with Crippen molar-refractivity contribution in [3.8, 4) is 0 Å². The molecule has 0 saturated heterocycles. The van der Waals surface area contributed by atoms with Crippen LogP contribution in [-0.2, 0) is 26.4 Å². The summed E-state index contributed by atoms with van der Waals surface area (Å²) in [6, 6.07) is 0. The summed E-state index contributed by atoms with van der Waals surface area (Å²) in [7, 11) is 0. The van der Waals surface area contributed by atoms with E-state index in [0.717, 1.165) is 0 Å². The van der Waals surface area contributed by atoms with E-state index in [-0.39, 0.29) is 27.7 Å². The molecular weight excluding hydrogens is 235 g/mol. The molecule has 0 spiro atoms. The van der Waals surface area contributed by atoms with Gasteiger partial charge in [-0.3, -0.25) is 0 Å². The second-order valence-electron chi connectivity index (χ2n) is 1.57. The van der Waals surface area contributed by atoms with Gasteiger partial charge in [-0.2, -0.15) is 0 Å². The van der Waals surface area contributed by atoms with Crippen LogP contribution in [0.15, 0.2) is 0 Å². The normalized spacial score (nSPS) is 12.2. The monoisotopic (exact) mass is 245 g/mol. The minimum absolute atomic E-state index is 0. The predicted molar refractivity (Wildman–Crippen MR) is 34.5 cm³/mol. The minimum Gasteiger partial charge on any atom is -0.479 e. The van der Waals surface area contributed by atoms with Crippen LogP contribution in [0, 0.1) is 0 Å². The maximum absolute atomic E-state index is 9.77. The molecule has 0 aromatic rings. The first-order valence-corrected chi connectivity index (χ1v) is 2.28. The predicted octanol–water partition coefficient (Wildman–Crippen LogP) is -3.77. The molecule has 8 nitrogen and oxygen atoms in total. The van der Waals surface area contributed by atoms with Crippen molar-refractivity contribution in [3.05, 3.63) is 0 Å². The summed E-state index contributed by atoms with van der Waals surface area (Å²) in [4.78, 5) is 19.5. The van der Waals surface area contributed by atoms with E-state index in [1.165, 1.54) is 0 Å². The van der Waals surface area contributed by atoms with Crippen molar-refractivity contribution < 1.29 is 57.7 Å². The van der Waals surface area contributed by atoms with Crippen molar-refractivity contribution in [2.75, 3.05) is 0 Å². The number of carboxylic acids is 2. The molecule has 0 aliphatic heterocycles. The third-order valence-electron chi connectivity index (χ3n) is 0.805. The van der Waals surface area contributed by atoms with Crippen LogP contribution in [0.5, 0.6) is 0 Å². The minimum atomic E-state index is -2.27. The Kier molecular flexibility index (Phi) is 16.4. The Labute approximate surface area is 82.6 Å². The molecular formula is C4H10CoO8. The summed E-state index contributed by atoms with van der Waals surface area (Å²) in [5.41, 5.74) is 0. The van der Waals surface area contributed by atoms with Gasteiger partial charge in [0.15, 0.2) is 12.2 Å². The molecule has 0 aromatic carbocycles. The average molecular weight is 245 g/mol. The van der Waals surface area contributed by atoms with E-state index in [2.05, 4.69) is 0 Å². The number of aliphatic hydroxyl groups is 2. The van der Waals surface area contributed by atoms with Crippen molar-refractivity contribution in [1.29, 1.82) is 0 Å². The van der Waals surface area contributed by atoms with E-state index in [1.54, 1.807) is 0 Å². The maximum atomic E-state index is 9.77. The number of hydrogen-bond donors (Lipinski definition) is 4. The van der Waals surface area contributed by atoms with Gasteiger partial charge >= 0.3 is 11.9 Å². The van der Waals surface area contributed by atoms with Gasteiger partial charge in [-0.25, -0.2) is 9.59 Å². The molecule has 0 heterocycles. The number of carbonyl (C=O) groups is 2. The first kappa shape index (κ1) is 22.8. The van der Waals surface area contributed by atoms with E-state index in [1.807, 2.05) is 0 Å². The van der Waals surface area contributed by atoms with E-state index < -0.39 is 24.1 Å². The molecule has 1 radical (unpaired) electrons. The summed E-state index contributed by atoms with van der Waals surface area (Å²) >= 11 is 0. The number of carboxylic acid groups (broad SMARTS) is 2. The quantitative estimate of drug-likeness (QED) is 0.396. The zero-order valence-electron chi connectivity index (χ0n) is 6.09. The van der Waals surface area contributed by atoms with Crippen LogP contribution in [0.1, 0.15) is 0 Å². The van der Waals surface area contributed by atoms with Crippen LogP contribution in [0.4, 0.5) is 0 Å². The van der Waals surface area contributed by atoms with Gasteiger partial charge in [0.1, 0.15) is 0 Å². The molecule has 0 amide bonds. The van der Waals surface area contributed by atoms with Crippen LogP contribution in [0.2, 0.25) is 0 Å². The molecule has 0 aromatic heterocycles. The SMILES string of the molecule is O.O.O=C(O)C(O)C(O)C(=O)O.[Co]. The number of rotatable bonds is 3. The van der Waals surface area contributed by atoms with Gasteiger partial charge in [0, 0.05) is 16.8 Å². The van der Waals surface area contributed by atoms with E-state index >= 15 is 0 Å². The van der Waals surface area contributed by atoms with Gasteiger partial charge in [0.05, 0.1) is 0 Å². The third-order valence-corrected chi connectivity index (χ3v) is 0.805. The Morgan fingerprint density at radius 3 is 1.08 bits per heavy atom. The average Bonchev–Trinajstić information content (AvgIpc) is 1.84. The van der Waals surface area contributed by atoms with Crippen molar-refractivity contribution in [2.45, 2.75) is 12.2 Å². The van der Waals surface area contributed by atoms with Crippen molar-refractivity contribution >= 4 is 11.9 Å². The first-order valence-electron chi connectivity index (χ1n) is 2.28. The van der Waals surface area contributed by atoms with Gasteiger partial charge in [-0.15, -0.1) is 0 Å². The second-order valence-corrected chi connectivity index (χ2v) is 1.57. The zero-order chi connectivity index (χ0) is 8.31. The van der Waals surface area contributed by atoms with E-state index in [4.69, 9.17) is 20.4 Å². The van der Waals surface area contributed by atoms with Crippen molar-refractivity contribution in [1.82, 2.24) is 0 Å². The molecule has 0 aliphatic carbocycles. The summed E-state index contributed by atoms with van der Waals surface area (Å²) in [5.74, 6) is -3.54. The molecule has 0 fully saturated rings. The molecule has 8 N–H and O–H groups in total. The summed E-state index contributed by atoms with van der Waals surface area (Å²) in [6.45, 7) is 0. The summed E-state index contributed by atoms with van der Waals surface area (Å²) in [5, 5.41) is 32.5. The van der Waals surface area contributed by atoms with Gasteiger partial charge in [0.2, 0.25) is 0 Å². The molecule has 0 aliphatic rings. The van der Waals surface area contributed by atoms with Gasteiger partial charge in [-0.05, 0) is 0 Å². The maximum Gasteiger partial charge on any atom is 0.335 e. The van der Waals surface area contributed by atoms with Crippen LogP contribution >= 0.6 is 0 Å². The molecule has 83 valence electrons. The Morgan fingerprint density at radius 1 is 0.846 bits per heavy atom. The van der Waals surface area contributed by atoms with E-state index in [9.17, 15) is 9.59 Å². The van der Waals surface area contributed by atoms with Gasteiger partial charge < -0.3 is 31.4 Å². The molecule has 2 unspecified atom stereocenters. The smallest absolute Gasteiger partial charge is 0.335 e. The molecule has 0 bridgehead atoms. The molecule has 9 heteroatoms. The van der Waals surface area contributed by atoms with Crippen LogP contribution < -0.4 is 0 Å². The Bertz CT molecular complexity index is 140.